The Hall–Kier alpha value is -2.30. The molecule has 2 aromatic rings. The number of anilines is 1. The van der Waals surface area contributed by atoms with Gasteiger partial charge >= 0.3 is 6.09 Å². The van der Waals surface area contributed by atoms with Gasteiger partial charge in [0.15, 0.2) is 10.9 Å². The van der Waals surface area contributed by atoms with Crippen molar-refractivity contribution in [3.05, 3.63) is 40.4 Å². The van der Waals surface area contributed by atoms with Gasteiger partial charge in [0.05, 0.1) is 24.2 Å². The van der Waals surface area contributed by atoms with Crippen molar-refractivity contribution in [1.29, 1.82) is 0 Å². The molecule has 2 heterocycles. The highest BCUT2D eigenvalue weighted by Crippen LogP contribution is 2.31. The largest absolute Gasteiger partial charge is 0.453 e. The van der Waals surface area contributed by atoms with Crippen LogP contribution >= 0.6 is 11.3 Å². The average molecular weight is 395 g/mol. The zero-order valence-electron chi connectivity index (χ0n) is 14.2. The third kappa shape index (κ3) is 3.62. The molecule has 1 aliphatic rings. The van der Waals surface area contributed by atoms with Crippen LogP contribution in [-0.4, -0.2) is 43.2 Å². The number of aromatic nitrogens is 1. The van der Waals surface area contributed by atoms with Gasteiger partial charge in [-0.1, -0.05) is 23.5 Å². The molecule has 0 fully saturated rings. The van der Waals surface area contributed by atoms with E-state index in [1.807, 2.05) is 0 Å². The van der Waals surface area contributed by atoms with E-state index in [0.29, 0.717) is 17.1 Å². The Labute approximate surface area is 154 Å². The van der Waals surface area contributed by atoms with Crippen molar-refractivity contribution in [2.24, 2.45) is 0 Å². The van der Waals surface area contributed by atoms with Crippen molar-refractivity contribution in [2.45, 2.75) is 24.8 Å². The van der Waals surface area contributed by atoms with Crippen LogP contribution in [0.4, 0.5) is 9.93 Å². The third-order valence-electron chi connectivity index (χ3n) is 3.97. The van der Waals surface area contributed by atoms with Gasteiger partial charge < -0.3 is 4.74 Å². The second kappa shape index (κ2) is 7.14. The first-order valence-corrected chi connectivity index (χ1v) is 10.0. The molecule has 0 saturated carbocycles. The molecule has 0 spiro atoms. The number of nitrogens with zero attached hydrogens (tertiary/aromatic N) is 2. The van der Waals surface area contributed by atoms with Crippen LogP contribution in [0.5, 0.6) is 0 Å². The molecule has 1 aromatic carbocycles. The van der Waals surface area contributed by atoms with E-state index in [-0.39, 0.29) is 23.8 Å². The molecule has 10 heteroatoms. The third-order valence-corrected chi connectivity index (χ3v) is 6.81. The first-order valence-electron chi connectivity index (χ1n) is 7.76. The van der Waals surface area contributed by atoms with Crippen LogP contribution in [0.1, 0.15) is 27.9 Å². The predicted molar refractivity (Wildman–Crippen MR) is 95.9 cm³/mol. The number of methoxy groups -OCH3 is 1. The van der Waals surface area contributed by atoms with Gasteiger partial charge in [0.25, 0.3) is 0 Å². The molecule has 1 aliphatic heterocycles. The second-order valence-electron chi connectivity index (χ2n) is 5.68. The van der Waals surface area contributed by atoms with Crippen LogP contribution in [0.2, 0.25) is 0 Å². The SMILES string of the molecule is COC(=O)Nc1nc2c(s1)CN(S(=O)(=O)c1cccc(C(C)=O)c1)CC2. The second-order valence-corrected chi connectivity index (χ2v) is 8.70. The number of hydrogen-bond acceptors (Lipinski definition) is 7. The van der Waals surface area contributed by atoms with Crippen LogP contribution in [0.15, 0.2) is 29.2 Å². The molecular formula is C16H17N3O5S2. The molecule has 0 bridgehead atoms. The number of fused-ring (bicyclic) bond motifs is 1. The number of benzene rings is 1. The molecule has 0 atom stereocenters. The number of hydrogen-bond donors (Lipinski definition) is 1. The first kappa shape index (κ1) is 18.5. The van der Waals surface area contributed by atoms with Crippen molar-refractivity contribution in [2.75, 3.05) is 19.0 Å². The highest BCUT2D eigenvalue weighted by atomic mass is 32.2. The van der Waals surface area contributed by atoms with Gasteiger partial charge in [0, 0.05) is 23.4 Å². The van der Waals surface area contributed by atoms with Gasteiger partial charge in [-0.2, -0.15) is 4.31 Å². The molecule has 138 valence electrons. The molecule has 0 unspecified atom stereocenters. The minimum absolute atomic E-state index is 0.0890. The summed E-state index contributed by atoms with van der Waals surface area (Å²) in [5, 5.41) is 2.87. The lowest BCUT2D eigenvalue weighted by atomic mass is 10.2. The smallest absolute Gasteiger partial charge is 0.413 e. The lowest BCUT2D eigenvalue weighted by Gasteiger charge is -2.25. The summed E-state index contributed by atoms with van der Waals surface area (Å²) < 4.78 is 31.7. The summed E-state index contributed by atoms with van der Waals surface area (Å²) in [5.41, 5.74) is 1.12. The fourth-order valence-corrected chi connectivity index (χ4v) is 5.14. The summed E-state index contributed by atoms with van der Waals surface area (Å²) in [5.74, 6) is -0.191. The highest BCUT2D eigenvalue weighted by molar-refractivity contribution is 7.89. The number of carbonyl (C=O) groups is 2. The number of nitrogens with one attached hydrogen (secondary N) is 1. The lowest BCUT2D eigenvalue weighted by Crippen LogP contribution is -2.35. The van der Waals surface area contributed by atoms with Crippen molar-refractivity contribution in [3.63, 3.8) is 0 Å². The van der Waals surface area contributed by atoms with E-state index in [4.69, 9.17) is 0 Å². The Bertz CT molecular complexity index is 968. The summed E-state index contributed by atoms with van der Waals surface area (Å²) in [6, 6.07) is 6.02. The Balaban J connectivity index is 1.84. The molecule has 1 aromatic heterocycles. The van der Waals surface area contributed by atoms with Gasteiger partial charge in [0.2, 0.25) is 10.0 Å². The van der Waals surface area contributed by atoms with E-state index in [9.17, 15) is 18.0 Å². The maximum Gasteiger partial charge on any atom is 0.413 e. The van der Waals surface area contributed by atoms with Gasteiger partial charge in [-0.15, -0.1) is 0 Å². The van der Waals surface area contributed by atoms with Gasteiger partial charge in [-0.3, -0.25) is 10.1 Å². The monoisotopic (exact) mass is 395 g/mol. The Morgan fingerprint density at radius 3 is 2.81 bits per heavy atom. The van der Waals surface area contributed by atoms with Gasteiger partial charge in [-0.25, -0.2) is 18.2 Å². The number of ketones is 1. The standard InChI is InChI=1S/C16H17N3O5S2/c1-10(20)11-4-3-5-12(8-11)26(22,23)19-7-6-13-14(9-19)25-15(17-13)18-16(21)24-2/h3-5,8H,6-7,9H2,1-2H3,(H,17,18,21). The topological polar surface area (TPSA) is 106 Å². The highest BCUT2D eigenvalue weighted by Gasteiger charge is 2.31. The zero-order valence-corrected chi connectivity index (χ0v) is 15.8. The molecule has 1 N–H and O–H groups in total. The summed E-state index contributed by atoms with van der Waals surface area (Å²) in [4.78, 5) is 28.0. The number of Topliss-reactive ketones (excluding diaryl/α,β-unsaturated/α-hetero) is 1. The molecule has 0 saturated heterocycles. The van der Waals surface area contributed by atoms with Crippen LogP contribution in [0, 0.1) is 0 Å². The summed E-state index contributed by atoms with van der Waals surface area (Å²) >= 11 is 1.22. The van der Waals surface area contributed by atoms with E-state index in [2.05, 4.69) is 15.0 Å². The van der Waals surface area contributed by atoms with E-state index < -0.39 is 16.1 Å². The van der Waals surface area contributed by atoms with Gasteiger partial charge in [-0.05, 0) is 19.1 Å². The number of sulfonamides is 1. The fourth-order valence-electron chi connectivity index (χ4n) is 2.59. The lowest BCUT2D eigenvalue weighted by molar-refractivity contribution is 0.101. The predicted octanol–water partition coefficient (Wildman–Crippen LogP) is 2.27. The van der Waals surface area contributed by atoms with Crippen LogP contribution in [-0.2, 0) is 27.7 Å². The minimum atomic E-state index is -3.73. The summed E-state index contributed by atoms with van der Waals surface area (Å²) in [6.45, 7) is 1.84. The van der Waals surface area contributed by atoms with E-state index >= 15 is 0 Å². The Morgan fingerprint density at radius 2 is 2.12 bits per heavy atom. The number of thiazole rings is 1. The van der Waals surface area contributed by atoms with Crippen molar-refractivity contribution in [1.82, 2.24) is 9.29 Å². The summed E-state index contributed by atoms with van der Waals surface area (Å²) in [6.07, 6.45) is -0.179. The maximum atomic E-state index is 12.9. The van der Waals surface area contributed by atoms with Crippen molar-refractivity contribution >= 4 is 38.4 Å². The number of carbonyl (C=O) groups excluding carboxylic acids is 2. The molecule has 3 rings (SSSR count). The van der Waals surface area contributed by atoms with Crippen molar-refractivity contribution < 1.29 is 22.7 Å². The molecule has 26 heavy (non-hydrogen) atoms. The molecule has 0 aliphatic carbocycles. The molecule has 8 nitrogen and oxygen atoms in total. The Morgan fingerprint density at radius 1 is 1.35 bits per heavy atom. The van der Waals surface area contributed by atoms with Crippen LogP contribution in [0.3, 0.4) is 0 Å². The van der Waals surface area contributed by atoms with Crippen LogP contribution < -0.4 is 5.32 Å². The fraction of sp³-hybridized carbons (Fsp3) is 0.312. The zero-order chi connectivity index (χ0) is 18.9. The Kier molecular flexibility index (Phi) is 5.08. The minimum Gasteiger partial charge on any atom is -0.453 e. The number of rotatable bonds is 4. The van der Waals surface area contributed by atoms with Gasteiger partial charge in [0.1, 0.15) is 0 Å². The van der Waals surface area contributed by atoms with E-state index in [0.717, 1.165) is 10.6 Å². The molecular weight excluding hydrogens is 378 g/mol. The number of ether oxygens (including phenoxy) is 1. The quantitative estimate of drug-likeness (QED) is 0.796. The van der Waals surface area contributed by atoms with Crippen LogP contribution in [0.25, 0.3) is 0 Å². The van der Waals surface area contributed by atoms with E-state index in [1.54, 1.807) is 12.1 Å². The molecule has 1 amide bonds. The average Bonchev–Trinajstić information content (AvgIpc) is 3.02. The van der Waals surface area contributed by atoms with E-state index in [1.165, 1.54) is 41.8 Å². The van der Waals surface area contributed by atoms with Crippen molar-refractivity contribution in [3.8, 4) is 0 Å². The normalized spacial score (nSPS) is 14.5. The summed E-state index contributed by atoms with van der Waals surface area (Å²) in [7, 11) is -2.47. The molecule has 0 radical (unpaired) electrons. The number of amides is 1. The first-order chi connectivity index (χ1) is 12.3. The maximum absolute atomic E-state index is 12.9.